The van der Waals surface area contributed by atoms with Gasteiger partial charge in [0.25, 0.3) is 5.91 Å². The number of carbonyl (C=O) groups is 2. The molecule has 1 fully saturated rings. The number of nitrogens with one attached hydrogen (secondary N) is 1. The standard InChI is InChI=1S/C23H29N3O2/c1-15-4-6-18(7-5-15)21(24)22(27)25-20-9-8-19(14-17(20)3)23(28)26-12-10-16(2)11-13-26/h4-9,14,16,21H,10-13,24H2,1-3H3,(H,25,27). The molecule has 0 bridgehead atoms. The van der Waals surface area contributed by atoms with E-state index in [0.717, 1.165) is 42.6 Å². The summed E-state index contributed by atoms with van der Waals surface area (Å²) >= 11 is 0. The Balaban J connectivity index is 1.67. The summed E-state index contributed by atoms with van der Waals surface area (Å²) in [5, 5.41) is 2.89. The molecular weight excluding hydrogens is 350 g/mol. The van der Waals surface area contributed by atoms with Gasteiger partial charge in [0.1, 0.15) is 6.04 Å². The van der Waals surface area contributed by atoms with Gasteiger partial charge in [0, 0.05) is 24.3 Å². The summed E-state index contributed by atoms with van der Waals surface area (Å²) < 4.78 is 0. The van der Waals surface area contributed by atoms with Crippen LogP contribution < -0.4 is 11.1 Å². The lowest BCUT2D eigenvalue weighted by Gasteiger charge is -2.30. The number of hydrogen-bond donors (Lipinski definition) is 2. The Labute approximate surface area is 166 Å². The highest BCUT2D eigenvalue weighted by atomic mass is 16.2. The molecule has 3 rings (SSSR count). The van der Waals surface area contributed by atoms with Gasteiger partial charge in [0.05, 0.1) is 0 Å². The third-order valence-electron chi connectivity index (χ3n) is 5.52. The average Bonchev–Trinajstić information content (AvgIpc) is 2.69. The van der Waals surface area contributed by atoms with Gasteiger partial charge in [-0.05, 0) is 61.9 Å². The maximum Gasteiger partial charge on any atom is 0.253 e. The van der Waals surface area contributed by atoms with Crippen molar-refractivity contribution in [2.24, 2.45) is 11.7 Å². The predicted octanol–water partition coefficient (Wildman–Crippen LogP) is 3.81. The summed E-state index contributed by atoms with van der Waals surface area (Å²) in [4.78, 5) is 27.2. The molecule has 148 valence electrons. The van der Waals surface area contributed by atoms with Crippen molar-refractivity contribution in [1.29, 1.82) is 0 Å². The van der Waals surface area contributed by atoms with Gasteiger partial charge in [-0.2, -0.15) is 0 Å². The lowest BCUT2D eigenvalue weighted by atomic mass is 9.98. The second kappa shape index (κ2) is 8.57. The van der Waals surface area contributed by atoms with E-state index in [1.54, 1.807) is 12.1 Å². The van der Waals surface area contributed by atoms with Crippen LogP contribution in [-0.2, 0) is 4.79 Å². The van der Waals surface area contributed by atoms with Crippen molar-refractivity contribution in [1.82, 2.24) is 4.90 Å². The fraction of sp³-hybridized carbons (Fsp3) is 0.391. The molecule has 2 aromatic rings. The summed E-state index contributed by atoms with van der Waals surface area (Å²) in [6.45, 7) is 7.73. The fourth-order valence-corrected chi connectivity index (χ4v) is 3.47. The van der Waals surface area contributed by atoms with Crippen LogP contribution in [0.2, 0.25) is 0 Å². The molecule has 1 saturated heterocycles. The van der Waals surface area contributed by atoms with Gasteiger partial charge >= 0.3 is 0 Å². The van der Waals surface area contributed by atoms with Crippen molar-refractivity contribution >= 4 is 17.5 Å². The van der Waals surface area contributed by atoms with Crippen molar-refractivity contribution in [2.75, 3.05) is 18.4 Å². The zero-order valence-corrected chi connectivity index (χ0v) is 16.9. The monoisotopic (exact) mass is 379 g/mol. The first-order valence-electron chi connectivity index (χ1n) is 9.88. The highest BCUT2D eigenvalue weighted by Crippen LogP contribution is 2.22. The van der Waals surface area contributed by atoms with E-state index in [1.165, 1.54) is 0 Å². The first-order chi connectivity index (χ1) is 13.3. The van der Waals surface area contributed by atoms with Gasteiger partial charge in [-0.1, -0.05) is 36.8 Å². The van der Waals surface area contributed by atoms with E-state index in [9.17, 15) is 9.59 Å². The number of rotatable bonds is 4. The summed E-state index contributed by atoms with van der Waals surface area (Å²) in [5.74, 6) is 0.474. The molecule has 2 aromatic carbocycles. The normalized spacial score (nSPS) is 15.9. The van der Waals surface area contributed by atoms with E-state index in [2.05, 4.69) is 12.2 Å². The number of nitrogens with two attached hydrogens (primary N) is 1. The predicted molar refractivity (Wildman–Crippen MR) is 112 cm³/mol. The van der Waals surface area contributed by atoms with Crippen molar-refractivity contribution in [3.05, 3.63) is 64.7 Å². The third kappa shape index (κ3) is 4.60. The first-order valence-corrected chi connectivity index (χ1v) is 9.88. The van der Waals surface area contributed by atoms with Gasteiger partial charge in [0.15, 0.2) is 0 Å². The van der Waals surface area contributed by atoms with Crippen LogP contribution in [0.1, 0.15) is 52.9 Å². The van der Waals surface area contributed by atoms with Gasteiger partial charge < -0.3 is 16.0 Å². The SMILES string of the molecule is Cc1ccc(C(N)C(=O)Nc2ccc(C(=O)N3CCC(C)CC3)cc2C)cc1. The van der Waals surface area contributed by atoms with E-state index in [0.29, 0.717) is 17.2 Å². The van der Waals surface area contributed by atoms with Crippen LogP contribution in [-0.4, -0.2) is 29.8 Å². The number of aryl methyl sites for hydroxylation is 2. The van der Waals surface area contributed by atoms with E-state index < -0.39 is 6.04 Å². The molecule has 1 aliphatic heterocycles. The van der Waals surface area contributed by atoms with Crippen molar-refractivity contribution in [2.45, 2.75) is 39.7 Å². The maximum absolute atomic E-state index is 12.7. The number of hydrogen-bond acceptors (Lipinski definition) is 3. The molecule has 2 amide bonds. The van der Waals surface area contributed by atoms with Crippen LogP contribution in [0.25, 0.3) is 0 Å². The molecule has 0 saturated carbocycles. The number of likely N-dealkylation sites (tertiary alicyclic amines) is 1. The molecule has 5 nitrogen and oxygen atoms in total. The minimum atomic E-state index is -0.739. The minimum Gasteiger partial charge on any atom is -0.339 e. The summed E-state index contributed by atoms with van der Waals surface area (Å²) in [5.41, 5.74) is 10.2. The Morgan fingerprint density at radius 1 is 1.07 bits per heavy atom. The average molecular weight is 380 g/mol. The summed E-state index contributed by atoms with van der Waals surface area (Å²) in [6.07, 6.45) is 2.10. The smallest absolute Gasteiger partial charge is 0.253 e. The molecule has 28 heavy (non-hydrogen) atoms. The van der Waals surface area contributed by atoms with Crippen LogP contribution in [0, 0.1) is 19.8 Å². The van der Waals surface area contributed by atoms with Crippen molar-refractivity contribution in [3.63, 3.8) is 0 Å². The van der Waals surface area contributed by atoms with E-state index in [-0.39, 0.29) is 11.8 Å². The maximum atomic E-state index is 12.7. The molecule has 1 atom stereocenters. The van der Waals surface area contributed by atoms with E-state index in [1.807, 2.05) is 49.1 Å². The zero-order chi connectivity index (χ0) is 20.3. The quantitative estimate of drug-likeness (QED) is 0.848. The van der Waals surface area contributed by atoms with Crippen molar-refractivity contribution in [3.8, 4) is 0 Å². The van der Waals surface area contributed by atoms with Crippen LogP contribution >= 0.6 is 0 Å². The van der Waals surface area contributed by atoms with Crippen LogP contribution in [0.4, 0.5) is 5.69 Å². The van der Waals surface area contributed by atoms with Crippen LogP contribution in [0.3, 0.4) is 0 Å². The largest absolute Gasteiger partial charge is 0.339 e. The van der Waals surface area contributed by atoms with Gasteiger partial charge in [-0.3, -0.25) is 9.59 Å². The molecule has 1 heterocycles. The Morgan fingerprint density at radius 3 is 2.32 bits per heavy atom. The second-order valence-corrected chi connectivity index (χ2v) is 7.88. The number of benzene rings is 2. The number of carbonyl (C=O) groups excluding carboxylic acids is 2. The van der Waals surface area contributed by atoms with Gasteiger partial charge in [-0.25, -0.2) is 0 Å². The topological polar surface area (TPSA) is 75.4 Å². The molecule has 0 spiro atoms. The first kappa shape index (κ1) is 20.1. The Morgan fingerprint density at radius 2 is 1.71 bits per heavy atom. The number of nitrogens with zero attached hydrogens (tertiary/aromatic N) is 1. The molecule has 0 radical (unpaired) electrons. The minimum absolute atomic E-state index is 0.0595. The zero-order valence-electron chi connectivity index (χ0n) is 16.9. The summed E-state index contributed by atoms with van der Waals surface area (Å²) in [7, 11) is 0. The molecule has 3 N–H and O–H groups in total. The van der Waals surface area contributed by atoms with Crippen molar-refractivity contribution < 1.29 is 9.59 Å². The summed E-state index contributed by atoms with van der Waals surface area (Å²) in [6, 6.07) is 12.3. The third-order valence-corrected chi connectivity index (χ3v) is 5.52. The lowest BCUT2D eigenvalue weighted by molar-refractivity contribution is -0.117. The van der Waals surface area contributed by atoms with Gasteiger partial charge in [-0.15, -0.1) is 0 Å². The number of amides is 2. The van der Waals surface area contributed by atoms with E-state index in [4.69, 9.17) is 5.73 Å². The number of piperidine rings is 1. The van der Waals surface area contributed by atoms with E-state index >= 15 is 0 Å². The Kier molecular flexibility index (Phi) is 6.15. The molecular formula is C23H29N3O2. The lowest BCUT2D eigenvalue weighted by Crippen LogP contribution is -2.37. The molecule has 5 heteroatoms. The molecule has 0 aromatic heterocycles. The molecule has 1 aliphatic rings. The highest BCUT2D eigenvalue weighted by Gasteiger charge is 2.22. The van der Waals surface area contributed by atoms with Crippen LogP contribution in [0.5, 0.6) is 0 Å². The number of anilines is 1. The van der Waals surface area contributed by atoms with Gasteiger partial charge in [0.2, 0.25) is 5.91 Å². The fourth-order valence-electron chi connectivity index (χ4n) is 3.47. The highest BCUT2D eigenvalue weighted by molar-refractivity contribution is 5.98. The molecule has 1 unspecified atom stereocenters. The van der Waals surface area contributed by atoms with Crippen LogP contribution in [0.15, 0.2) is 42.5 Å². The Hall–Kier alpha value is -2.66. The Bertz CT molecular complexity index is 853. The second-order valence-electron chi connectivity index (χ2n) is 7.88. The molecule has 0 aliphatic carbocycles.